The van der Waals surface area contributed by atoms with Gasteiger partial charge in [-0.2, -0.15) is 0 Å². The van der Waals surface area contributed by atoms with Crippen LogP contribution in [0.15, 0.2) is 47.4 Å². The average molecular weight is 268 g/mol. The van der Waals surface area contributed by atoms with Crippen LogP contribution >= 0.6 is 0 Å². The molecule has 0 aliphatic rings. The lowest BCUT2D eigenvalue weighted by Gasteiger charge is -2.10. The van der Waals surface area contributed by atoms with E-state index in [0.717, 1.165) is 0 Å². The molecule has 1 aromatic carbocycles. The van der Waals surface area contributed by atoms with Crippen molar-refractivity contribution in [3.8, 4) is 22.6 Å². The molecule has 20 heavy (non-hydrogen) atoms. The van der Waals surface area contributed by atoms with Crippen molar-refractivity contribution in [3.05, 3.63) is 52.9 Å². The van der Waals surface area contributed by atoms with Crippen LogP contribution < -0.4 is 10.3 Å². The van der Waals surface area contributed by atoms with E-state index in [1.807, 2.05) is 0 Å². The number of rotatable bonds is 2. The van der Waals surface area contributed by atoms with E-state index in [0.29, 0.717) is 22.3 Å². The molecule has 2 heterocycles. The van der Waals surface area contributed by atoms with E-state index >= 15 is 0 Å². The second-order valence-electron chi connectivity index (χ2n) is 4.28. The molecular weight excluding hydrogens is 256 g/mol. The third-order valence-corrected chi connectivity index (χ3v) is 3.13. The highest BCUT2D eigenvalue weighted by Gasteiger charge is 2.17. The zero-order valence-corrected chi connectivity index (χ0v) is 10.8. The maximum absolute atomic E-state index is 12.2. The lowest BCUT2D eigenvalue weighted by Crippen LogP contribution is -2.10. The highest BCUT2D eigenvalue weighted by atomic mass is 16.5. The number of ether oxygens (including phenoxy) is 1. The van der Waals surface area contributed by atoms with Crippen molar-refractivity contribution < 1.29 is 9.84 Å². The SMILES string of the molecule is COc1ccccc1-c1c(O)c2cccnc2[nH]c1=O. The minimum Gasteiger partial charge on any atom is -0.506 e. The predicted octanol–water partition coefficient (Wildman–Crippen LogP) is 2.30. The number of hydrogen-bond acceptors (Lipinski definition) is 4. The van der Waals surface area contributed by atoms with Gasteiger partial charge in [-0.05, 0) is 18.2 Å². The zero-order valence-electron chi connectivity index (χ0n) is 10.8. The van der Waals surface area contributed by atoms with Gasteiger partial charge < -0.3 is 14.8 Å². The first-order valence-electron chi connectivity index (χ1n) is 6.05. The number of aromatic nitrogens is 2. The first-order chi connectivity index (χ1) is 9.72. The molecule has 0 amide bonds. The molecule has 3 rings (SSSR count). The Labute approximate surface area is 114 Å². The Bertz CT molecular complexity index is 840. The number of benzene rings is 1. The van der Waals surface area contributed by atoms with Crippen LogP contribution in [0.5, 0.6) is 11.5 Å². The minimum absolute atomic E-state index is 0.0960. The first-order valence-corrected chi connectivity index (χ1v) is 6.05. The summed E-state index contributed by atoms with van der Waals surface area (Å²) >= 11 is 0. The van der Waals surface area contributed by atoms with Crippen molar-refractivity contribution in [3.63, 3.8) is 0 Å². The summed E-state index contributed by atoms with van der Waals surface area (Å²) in [6, 6.07) is 10.5. The van der Waals surface area contributed by atoms with Crippen molar-refractivity contribution in [2.24, 2.45) is 0 Å². The van der Waals surface area contributed by atoms with Gasteiger partial charge in [-0.25, -0.2) is 4.98 Å². The van der Waals surface area contributed by atoms with Crippen LogP contribution in [0.25, 0.3) is 22.2 Å². The fourth-order valence-electron chi connectivity index (χ4n) is 2.21. The normalized spacial score (nSPS) is 10.7. The van der Waals surface area contributed by atoms with E-state index < -0.39 is 5.56 Å². The van der Waals surface area contributed by atoms with E-state index in [9.17, 15) is 9.90 Å². The summed E-state index contributed by atoms with van der Waals surface area (Å²) in [5.74, 6) is 0.429. The Balaban J connectivity index is 2.40. The summed E-state index contributed by atoms with van der Waals surface area (Å²) in [6.07, 6.45) is 1.56. The van der Waals surface area contributed by atoms with Gasteiger partial charge in [0.15, 0.2) is 0 Å². The number of hydrogen-bond donors (Lipinski definition) is 2. The third-order valence-electron chi connectivity index (χ3n) is 3.13. The van der Waals surface area contributed by atoms with Crippen molar-refractivity contribution in [1.29, 1.82) is 0 Å². The number of fused-ring (bicyclic) bond motifs is 1. The van der Waals surface area contributed by atoms with Crippen molar-refractivity contribution in [2.75, 3.05) is 7.11 Å². The number of pyridine rings is 2. The Morgan fingerprint density at radius 1 is 1.20 bits per heavy atom. The van der Waals surface area contributed by atoms with Gasteiger partial charge in [0.1, 0.15) is 17.1 Å². The largest absolute Gasteiger partial charge is 0.506 e. The molecule has 0 saturated carbocycles. The molecule has 0 aliphatic carbocycles. The molecule has 2 N–H and O–H groups in total. The van der Waals surface area contributed by atoms with Crippen molar-refractivity contribution in [2.45, 2.75) is 0 Å². The molecule has 0 fully saturated rings. The number of aromatic hydroxyl groups is 1. The molecule has 0 radical (unpaired) electrons. The van der Waals surface area contributed by atoms with Crippen LogP contribution in [0, 0.1) is 0 Å². The molecule has 5 nitrogen and oxygen atoms in total. The Morgan fingerprint density at radius 3 is 2.80 bits per heavy atom. The standard InChI is InChI=1S/C15H12N2O3/c1-20-11-7-3-2-5-9(11)12-13(18)10-6-4-8-16-14(10)17-15(12)19/h2-8H,1H3,(H2,16,17,18,19). The fourth-order valence-corrected chi connectivity index (χ4v) is 2.21. The van der Waals surface area contributed by atoms with Gasteiger partial charge in [-0.15, -0.1) is 0 Å². The molecule has 5 heteroatoms. The van der Waals surface area contributed by atoms with Gasteiger partial charge in [0.2, 0.25) is 0 Å². The topological polar surface area (TPSA) is 75.2 Å². The molecule has 0 atom stereocenters. The molecule has 0 spiro atoms. The molecule has 0 bridgehead atoms. The van der Waals surface area contributed by atoms with Crippen molar-refractivity contribution in [1.82, 2.24) is 9.97 Å². The van der Waals surface area contributed by atoms with Gasteiger partial charge in [-0.3, -0.25) is 4.79 Å². The van der Waals surface area contributed by atoms with Crippen LogP contribution in [-0.2, 0) is 0 Å². The molecule has 0 aliphatic heterocycles. The zero-order chi connectivity index (χ0) is 14.1. The van der Waals surface area contributed by atoms with E-state index in [-0.39, 0.29) is 11.3 Å². The first kappa shape index (κ1) is 12.2. The van der Waals surface area contributed by atoms with Gasteiger partial charge >= 0.3 is 0 Å². The maximum atomic E-state index is 12.2. The molecule has 0 saturated heterocycles. The average Bonchev–Trinajstić information content (AvgIpc) is 2.48. The van der Waals surface area contributed by atoms with E-state index in [1.54, 1.807) is 42.6 Å². The Morgan fingerprint density at radius 2 is 2.00 bits per heavy atom. The smallest absolute Gasteiger partial charge is 0.261 e. The van der Waals surface area contributed by atoms with Crippen LogP contribution in [0.2, 0.25) is 0 Å². The second kappa shape index (κ2) is 4.70. The van der Waals surface area contributed by atoms with Crippen LogP contribution in [-0.4, -0.2) is 22.2 Å². The summed E-state index contributed by atoms with van der Waals surface area (Å²) in [5.41, 5.74) is 0.675. The number of aromatic amines is 1. The number of H-pyrrole nitrogens is 1. The number of methoxy groups -OCH3 is 1. The monoisotopic (exact) mass is 268 g/mol. The highest BCUT2D eigenvalue weighted by Crippen LogP contribution is 2.35. The second-order valence-corrected chi connectivity index (χ2v) is 4.28. The Kier molecular flexibility index (Phi) is 2.87. The summed E-state index contributed by atoms with van der Waals surface area (Å²) in [4.78, 5) is 18.9. The van der Waals surface area contributed by atoms with E-state index in [1.165, 1.54) is 7.11 Å². The molecule has 100 valence electrons. The lowest BCUT2D eigenvalue weighted by atomic mass is 10.0. The maximum Gasteiger partial charge on any atom is 0.261 e. The third kappa shape index (κ3) is 1.80. The number of nitrogens with one attached hydrogen (secondary N) is 1. The number of nitrogens with zero attached hydrogens (tertiary/aromatic N) is 1. The summed E-state index contributed by atoms with van der Waals surface area (Å²) in [7, 11) is 1.52. The van der Waals surface area contributed by atoms with Crippen molar-refractivity contribution >= 4 is 11.0 Å². The van der Waals surface area contributed by atoms with Gasteiger partial charge in [0.25, 0.3) is 5.56 Å². The van der Waals surface area contributed by atoms with E-state index in [4.69, 9.17) is 4.74 Å². The fraction of sp³-hybridized carbons (Fsp3) is 0.0667. The predicted molar refractivity (Wildman–Crippen MR) is 76.0 cm³/mol. The molecule has 3 aromatic rings. The quantitative estimate of drug-likeness (QED) is 0.747. The number of para-hydroxylation sites is 1. The molecule has 2 aromatic heterocycles. The van der Waals surface area contributed by atoms with Gasteiger partial charge in [0, 0.05) is 11.8 Å². The summed E-state index contributed by atoms with van der Waals surface area (Å²) in [5, 5.41) is 10.9. The van der Waals surface area contributed by atoms with Gasteiger partial charge in [0.05, 0.1) is 18.1 Å². The van der Waals surface area contributed by atoms with Crippen LogP contribution in [0.1, 0.15) is 0 Å². The Hall–Kier alpha value is -2.82. The summed E-state index contributed by atoms with van der Waals surface area (Å²) < 4.78 is 5.24. The van der Waals surface area contributed by atoms with Crippen LogP contribution in [0.4, 0.5) is 0 Å². The van der Waals surface area contributed by atoms with Gasteiger partial charge in [-0.1, -0.05) is 18.2 Å². The molecular formula is C15H12N2O3. The summed E-state index contributed by atoms with van der Waals surface area (Å²) in [6.45, 7) is 0. The minimum atomic E-state index is -0.404. The van der Waals surface area contributed by atoms with Crippen LogP contribution in [0.3, 0.4) is 0 Å². The lowest BCUT2D eigenvalue weighted by molar-refractivity contribution is 0.415. The highest BCUT2D eigenvalue weighted by molar-refractivity contribution is 5.90. The molecule has 0 unspecified atom stereocenters. The van der Waals surface area contributed by atoms with E-state index in [2.05, 4.69) is 9.97 Å².